The quantitative estimate of drug-likeness (QED) is 0.680. The van der Waals surface area contributed by atoms with Crippen LogP contribution in [0.25, 0.3) is 0 Å². The number of fused-ring (bicyclic) bond motifs is 2. The number of rotatable bonds is 3. The van der Waals surface area contributed by atoms with Crippen molar-refractivity contribution < 1.29 is 41.0 Å². The van der Waals surface area contributed by atoms with E-state index in [4.69, 9.17) is 4.74 Å². The third kappa shape index (κ3) is 4.14. The van der Waals surface area contributed by atoms with Crippen molar-refractivity contribution in [3.8, 4) is 0 Å². The molecule has 0 radical (unpaired) electrons. The van der Waals surface area contributed by atoms with Gasteiger partial charge >= 0.3 is 12.4 Å². The van der Waals surface area contributed by atoms with Gasteiger partial charge in [0.25, 0.3) is 0 Å². The van der Waals surface area contributed by atoms with Crippen molar-refractivity contribution in [3.05, 3.63) is 65.2 Å². The molecule has 0 aromatic heterocycles. The Hall–Kier alpha value is -2.59. The zero-order valence-corrected chi connectivity index (χ0v) is 15.7. The molecule has 2 saturated heterocycles. The van der Waals surface area contributed by atoms with Crippen molar-refractivity contribution >= 4 is 11.6 Å². The second-order valence-corrected chi connectivity index (χ2v) is 7.68. The number of hydrogen-bond donors (Lipinski definition) is 2. The SMILES string of the molecule is O=C(Nc1cccc(C(F)(F)F)c1)[C@@H]1[C@@H](c2cccc(C(F)(F)F)c2)[C@H]2O[C@@H]1C[C@@H]2O. The Balaban J connectivity index is 1.63. The maximum atomic E-state index is 13.1. The predicted molar refractivity (Wildman–Crippen MR) is 97.0 cm³/mol. The molecule has 2 fully saturated rings. The van der Waals surface area contributed by atoms with Crippen LogP contribution >= 0.6 is 0 Å². The first-order chi connectivity index (χ1) is 14.4. The van der Waals surface area contributed by atoms with E-state index in [1.165, 1.54) is 18.2 Å². The highest BCUT2D eigenvalue weighted by Crippen LogP contribution is 2.50. The van der Waals surface area contributed by atoms with E-state index in [0.29, 0.717) is 0 Å². The Morgan fingerprint density at radius 3 is 2.23 bits per heavy atom. The lowest BCUT2D eigenvalue weighted by Crippen LogP contribution is -2.41. The number of carbonyl (C=O) groups is 1. The van der Waals surface area contributed by atoms with Gasteiger partial charge in [0.1, 0.15) is 0 Å². The molecule has 31 heavy (non-hydrogen) atoms. The van der Waals surface area contributed by atoms with E-state index < -0.39 is 59.5 Å². The lowest BCUT2D eigenvalue weighted by Gasteiger charge is -2.30. The molecule has 2 bridgehead atoms. The van der Waals surface area contributed by atoms with E-state index in [2.05, 4.69) is 5.32 Å². The molecule has 5 atom stereocenters. The molecule has 1 amide bonds. The van der Waals surface area contributed by atoms with Crippen LogP contribution in [0.1, 0.15) is 29.0 Å². The van der Waals surface area contributed by atoms with Gasteiger partial charge in [-0.25, -0.2) is 0 Å². The number of anilines is 1. The van der Waals surface area contributed by atoms with Crippen LogP contribution in [0.5, 0.6) is 0 Å². The van der Waals surface area contributed by atoms with Gasteiger partial charge in [0.15, 0.2) is 0 Å². The van der Waals surface area contributed by atoms with E-state index in [0.717, 1.165) is 30.3 Å². The first kappa shape index (κ1) is 21.6. The topological polar surface area (TPSA) is 58.6 Å². The molecule has 2 N–H and O–H groups in total. The molecule has 0 aliphatic carbocycles. The summed E-state index contributed by atoms with van der Waals surface area (Å²) in [4.78, 5) is 13.0. The van der Waals surface area contributed by atoms with E-state index >= 15 is 0 Å². The molecule has 0 unspecified atom stereocenters. The van der Waals surface area contributed by atoms with Crippen molar-refractivity contribution in [1.82, 2.24) is 0 Å². The molecule has 10 heteroatoms. The van der Waals surface area contributed by atoms with Crippen LogP contribution in [0.4, 0.5) is 32.0 Å². The molecule has 2 aromatic carbocycles. The Kier molecular flexibility index (Phi) is 5.25. The predicted octanol–water partition coefficient (Wildman–Crippen LogP) is 4.59. The van der Waals surface area contributed by atoms with Gasteiger partial charge in [-0.05, 0) is 29.8 Å². The molecule has 2 aromatic rings. The molecule has 4 rings (SSSR count). The van der Waals surface area contributed by atoms with E-state index in [1.807, 2.05) is 0 Å². The Morgan fingerprint density at radius 1 is 0.968 bits per heavy atom. The van der Waals surface area contributed by atoms with Gasteiger partial charge in [0.2, 0.25) is 5.91 Å². The summed E-state index contributed by atoms with van der Waals surface area (Å²) in [6, 6.07) is 8.49. The fraction of sp³-hybridized carbons (Fsp3) is 0.381. The summed E-state index contributed by atoms with van der Waals surface area (Å²) >= 11 is 0. The number of amides is 1. The van der Waals surface area contributed by atoms with Crippen LogP contribution in [0.15, 0.2) is 48.5 Å². The molecule has 2 aliphatic heterocycles. The van der Waals surface area contributed by atoms with Crippen molar-refractivity contribution in [2.24, 2.45) is 5.92 Å². The minimum absolute atomic E-state index is 0.0917. The van der Waals surface area contributed by atoms with Gasteiger partial charge in [-0.15, -0.1) is 0 Å². The summed E-state index contributed by atoms with van der Waals surface area (Å²) in [5.74, 6) is -2.52. The summed E-state index contributed by atoms with van der Waals surface area (Å²) in [5, 5.41) is 12.6. The third-order valence-corrected chi connectivity index (χ3v) is 5.69. The van der Waals surface area contributed by atoms with E-state index in [9.17, 15) is 36.2 Å². The van der Waals surface area contributed by atoms with Crippen LogP contribution in [0.3, 0.4) is 0 Å². The number of carbonyl (C=O) groups excluding carboxylic acids is 1. The second-order valence-electron chi connectivity index (χ2n) is 7.68. The average molecular weight is 445 g/mol. The van der Waals surface area contributed by atoms with Gasteiger partial charge in [-0.3, -0.25) is 4.79 Å². The maximum absolute atomic E-state index is 13.1. The van der Waals surface area contributed by atoms with Gasteiger partial charge in [-0.2, -0.15) is 26.3 Å². The molecule has 166 valence electrons. The normalized spacial score (nSPS) is 28.0. The molecular formula is C21H17F6NO3. The van der Waals surface area contributed by atoms with Crippen LogP contribution in [-0.4, -0.2) is 29.3 Å². The number of nitrogens with one attached hydrogen (secondary N) is 1. The number of alkyl halides is 6. The van der Waals surface area contributed by atoms with Crippen LogP contribution in [-0.2, 0) is 21.9 Å². The lowest BCUT2D eigenvalue weighted by atomic mass is 9.73. The molecule has 4 nitrogen and oxygen atoms in total. The van der Waals surface area contributed by atoms with E-state index in [-0.39, 0.29) is 17.7 Å². The molecule has 0 spiro atoms. The van der Waals surface area contributed by atoms with Gasteiger partial charge in [0.05, 0.1) is 35.4 Å². The molecule has 0 saturated carbocycles. The minimum atomic E-state index is -4.60. The summed E-state index contributed by atoms with van der Waals surface area (Å²) in [5.41, 5.74) is -1.77. The van der Waals surface area contributed by atoms with Gasteiger partial charge < -0.3 is 15.2 Å². The first-order valence-corrected chi connectivity index (χ1v) is 9.44. The number of benzene rings is 2. The van der Waals surface area contributed by atoms with E-state index in [1.54, 1.807) is 0 Å². The van der Waals surface area contributed by atoms with Crippen LogP contribution < -0.4 is 5.32 Å². The minimum Gasteiger partial charge on any atom is -0.390 e. The second kappa shape index (κ2) is 7.52. The molecular weight excluding hydrogens is 428 g/mol. The largest absolute Gasteiger partial charge is 0.416 e. The fourth-order valence-electron chi connectivity index (χ4n) is 4.36. The smallest absolute Gasteiger partial charge is 0.390 e. The molecule has 2 heterocycles. The number of hydrogen-bond acceptors (Lipinski definition) is 3. The fourth-order valence-corrected chi connectivity index (χ4v) is 4.36. The zero-order valence-electron chi connectivity index (χ0n) is 15.7. The summed E-state index contributed by atoms with van der Waals surface area (Å²) in [6.45, 7) is 0. The van der Waals surface area contributed by atoms with Crippen molar-refractivity contribution in [3.63, 3.8) is 0 Å². The maximum Gasteiger partial charge on any atom is 0.416 e. The van der Waals surface area contributed by atoms with Gasteiger partial charge in [-0.1, -0.05) is 24.3 Å². The highest BCUT2D eigenvalue weighted by molar-refractivity contribution is 5.94. The van der Waals surface area contributed by atoms with Crippen molar-refractivity contribution in [2.45, 2.75) is 43.0 Å². The zero-order chi connectivity index (χ0) is 22.6. The first-order valence-electron chi connectivity index (χ1n) is 9.44. The average Bonchev–Trinajstić information content (AvgIpc) is 3.24. The highest BCUT2D eigenvalue weighted by atomic mass is 19.4. The number of aliphatic hydroxyl groups is 1. The van der Waals surface area contributed by atoms with Crippen molar-refractivity contribution in [1.29, 1.82) is 0 Å². The summed E-state index contributed by atoms with van der Waals surface area (Å²) in [6.07, 6.45) is -11.7. The van der Waals surface area contributed by atoms with Crippen LogP contribution in [0, 0.1) is 5.92 Å². The Labute approximate surface area is 172 Å². The Morgan fingerprint density at radius 2 is 1.58 bits per heavy atom. The number of halogens is 6. The third-order valence-electron chi connectivity index (χ3n) is 5.69. The number of ether oxygens (including phenoxy) is 1. The van der Waals surface area contributed by atoms with Crippen LogP contribution in [0.2, 0.25) is 0 Å². The summed E-state index contributed by atoms with van der Waals surface area (Å²) < 4.78 is 83.9. The van der Waals surface area contributed by atoms with Gasteiger partial charge in [0, 0.05) is 18.0 Å². The monoisotopic (exact) mass is 445 g/mol. The number of aliphatic hydroxyl groups excluding tert-OH is 1. The standard InChI is InChI=1S/C21H17F6NO3/c22-20(23,24)11-4-1-3-10(7-11)16-17(15-9-14(29)18(16)31-15)19(30)28-13-6-2-5-12(8-13)21(25,26)27/h1-8,14-18,29H,9H2,(H,28,30)/t14-,15+,16+,17-,18-/m0/s1. The Bertz CT molecular complexity index is 990. The van der Waals surface area contributed by atoms with Crippen molar-refractivity contribution in [2.75, 3.05) is 5.32 Å². The lowest BCUT2D eigenvalue weighted by molar-refractivity contribution is -0.138. The highest BCUT2D eigenvalue weighted by Gasteiger charge is 2.57. The summed E-state index contributed by atoms with van der Waals surface area (Å²) in [7, 11) is 0. The molecule has 2 aliphatic rings.